The molecule has 6 nitrogen and oxygen atoms in total. The number of nitrogens with one attached hydrogen (secondary N) is 1. The minimum absolute atomic E-state index is 0.267. The fourth-order valence-corrected chi connectivity index (χ4v) is 3.33. The Hall–Kier alpha value is -2.68. The van der Waals surface area contributed by atoms with Gasteiger partial charge in [0.15, 0.2) is 0 Å². The van der Waals surface area contributed by atoms with Crippen molar-refractivity contribution in [1.82, 2.24) is 10.2 Å². The van der Waals surface area contributed by atoms with Crippen molar-refractivity contribution >= 4 is 11.7 Å². The number of carbonyl (C=O) groups excluding carboxylic acids is 1. The van der Waals surface area contributed by atoms with Crippen LogP contribution < -0.4 is 10.2 Å². The maximum Gasteiger partial charge on any atom is 0.424 e. The number of halogens is 3. The minimum Gasteiger partial charge on any atom is -0.463 e. The van der Waals surface area contributed by atoms with Crippen LogP contribution in [0.4, 0.5) is 23.7 Å². The van der Waals surface area contributed by atoms with E-state index in [1.807, 2.05) is 30.3 Å². The Morgan fingerprint density at radius 1 is 1.10 bits per heavy atom. The molecule has 9 heteroatoms. The van der Waals surface area contributed by atoms with Crippen LogP contribution in [0.5, 0.6) is 0 Å². The smallest absolute Gasteiger partial charge is 0.424 e. The first-order valence-corrected chi connectivity index (χ1v) is 9.39. The zero-order valence-electron chi connectivity index (χ0n) is 16.1. The van der Waals surface area contributed by atoms with Gasteiger partial charge in [-0.25, -0.2) is 4.79 Å². The molecule has 0 aliphatic carbocycles. The third kappa shape index (κ3) is 4.67. The zero-order chi connectivity index (χ0) is 21.1. The predicted molar refractivity (Wildman–Crippen MR) is 102 cm³/mol. The lowest BCUT2D eigenvalue weighted by molar-refractivity contribution is -0.274. The topological polar surface area (TPSA) is 69.0 Å². The van der Waals surface area contributed by atoms with Crippen LogP contribution in [0, 0.1) is 6.92 Å². The van der Waals surface area contributed by atoms with Crippen molar-refractivity contribution in [3.05, 3.63) is 54.0 Å². The highest BCUT2D eigenvalue weighted by atomic mass is 19.4. The van der Waals surface area contributed by atoms with Crippen molar-refractivity contribution in [1.29, 1.82) is 0 Å². The number of hydrogen-bond acceptors (Lipinski definition) is 4. The molecule has 1 fully saturated rings. The fourth-order valence-electron chi connectivity index (χ4n) is 3.33. The molecule has 2 heterocycles. The average molecular weight is 411 g/mol. The standard InChI is InChI=1S/C20H24F3N3O3/c1-15-7-8-17(29-15)19(28,20(21,22)23)9-10-24-18(27)26-13-11-25(12-14-26)16-5-3-2-4-6-16/h2-8,28H,9-14H2,1H3,(H,24,27)/t19-/m1/s1. The maximum absolute atomic E-state index is 13.4. The average Bonchev–Trinajstić information content (AvgIpc) is 3.14. The van der Waals surface area contributed by atoms with Crippen LogP contribution in [0.2, 0.25) is 0 Å². The molecule has 1 aromatic heterocycles. The molecule has 2 amide bonds. The van der Waals surface area contributed by atoms with Crippen LogP contribution in [0.3, 0.4) is 0 Å². The Bertz CT molecular complexity index is 817. The molecule has 2 N–H and O–H groups in total. The lowest BCUT2D eigenvalue weighted by Crippen LogP contribution is -2.52. The first-order valence-electron chi connectivity index (χ1n) is 9.39. The second kappa shape index (κ2) is 8.36. The van der Waals surface area contributed by atoms with E-state index in [-0.39, 0.29) is 12.3 Å². The second-order valence-corrected chi connectivity index (χ2v) is 7.06. The summed E-state index contributed by atoms with van der Waals surface area (Å²) < 4.78 is 45.3. The molecule has 1 aliphatic heterocycles. The molecule has 1 saturated heterocycles. The fraction of sp³-hybridized carbons (Fsp3) is 0.450. The number of aliphatic hydroxyl groups is 1. The van der Waals surface area contributed by atoms with Crippen molar-refractivity contribution in [3.63, 3.8) is 0 Å². The number of rotatable bonds is 5. The van der Waals surface area contributed by atoms with E-state index in [0.29, 0.717) is 26.2 Å². The molecule has 0 bridgehead atoms. The Balaban J connectivity index is 1.52. The minimum atomic E-state index is -4.93. The van der Waals surface area contributed by atoms with E-state index < -0.39 is 30.0 Å². The van der Waals surface area contributed by atoms with Gasteiger partial charge in [-0.3, -0.25) is 0 Å². The van der Waals surface area contributed by atoms with Crippen LogP contribution in [0.15, 0.2) is 46.9 Å². The summed E-state index contributed by atoms with van der Waals surface area (Å²) in [7, 11) is 0. The normalized spacial score (nSPS) is 17.1. The van der Waals surface area contributed by atoms with Crippen molar-refractivity contribution in [2.24, 2.45) is 0 Å². The van der Waals surface area contributed by atoms with Crippen LogP contribution >= 0.6 is 0 Å². The molecule has 3 rings (SSSR count). The van der Waals surface area contributed by atoms with Crippen molar-refractivity contribution in [3.8, 4) is 0 Å². The third-order valence-electron chi connectivity index (χ3n) is 5.07. The number of para-hydroxylation sites is 1. The summed E-state index contributed by atoms with van der Waals surface area (Å²) in [6, 6.07) is 11.8. The number of anilines is 1. The highest BCUT2D eigenvalue weighted by Crippen LogP contribution is 2.42. The van der Waals surface area contributed by atoms with Gasteiger partial charge in [0.1, 0.15) is 11.5 Å². The molecule has 0 unspecified atom stereocenters. The number of amides is 2. The monoisotopic (exact) mass is 411 g/mol. The molecule has 29 heavy (non-hydrogen) atoms. The van der Waals surface area contributed by atoms with Gasteiger partial charge in [-0.1, -0.05) is 18.2 Å². The highest BCUT2D eigenvalue weighted by molar-refractivity contribution is 5.74. The number of carbonyl (C=O) groups is 1. The van der Waals surface area contributed by atoms with Gasteiger partial charge >= 0.3 is 12.2 Å². The van der Waals surface area contributed by atoms with Crippen molar-refractivity contribution in [2.75, 3.05) is 37.6 Å². The Labute approximate surface area is 166 Å². The van der Waals surface area contributed by atoms with Gasteiger partial charge in [0, 0.05) is 44.8 Å². The summed E-state index contributed by atoms with van der Waals surface area (Å²) in [6.45, 7) is 3.35. The SMILES string of the molecule is Cc1ccc([C@](O)(CCNC(=O)N2CCN(c3ccccc3)CC2)C(F)(F)F)o1. The van der Waals surface area contributed by atoms with Gasteiger partial charge in [-0.15, -0.1) is 0 Å². The molecule has 2 aromatic rings. The second-order valence-electron chi connectivity index (χ2n) is 7.06. The summed E-state index contributed by atoms with van der Waals surface area (Å²) >= 11 is 0. The molecular formula is C20H24F3N3O3. The van der Waals surface area contributed by atoms with E-state index in [1.54, 1.807) is 4.90 Å². The summed E-state index contributed by atoms with van der Waals surface area (Å²) in [6.07, 6.45) is -5.66. The number of aryl methyl sites for hydroxylation is 1. The molecule has 0 radical (unpaired) electrons. The third-order valence-corrected chi connectivity index (χ3v) is 5.07. The summed E-state index contributed by atoms with van der Waals surface area (Å²) in [5, 5.41) is 12.7. The number of urea groups is 1. The van der Waals surface area contributed by atoms with Crippen LogP contribution in [-0.2, 0) is 5.60 Å². The van der Waals surface area contributed by atoms with E-state index in [2.05, 4.69) is 10.2 Å². The number of alkyl halides is 3. The Kier molecular flexibility index (Phi) is 6.07. The van der Waals surface area contributed by atoms with E-state index in [9.17, 15) is 23.1 Å². The number of benzene rings is 1. The predicted octanol–water partition coefficient (Wildman–Crippen LogP) is 3.26. The highest BCUT2D eigenvalue weighted by Gasteiger charge is 2.56. The van der Waals surface area contributed by atoms with Gasteiger partial charge in [0.2, 0.25) is 5.60 Å². The number of piperazine rings is 1. The first-order chi connectivity index (χ1) is 13.7. The van der Waals surface area contributed by atoms with Crippen molar-refractivity contribution in [2.45, 2.75) is 25.1 Å². The molecule has 1 aliphatic rings. The van der Waals surface area contributed by atoms with Gasteiger partial charge in [-0.2, -0.15) is 13.2 Å². The first kappa shape index (κ1) is 21.0. The summed E-state index contributed by atoms with van der Waals surface area (Å²) in [5.41, 5.74) is -2.09. The van der Waals surface area contributed by atoms with Gasteiger partial charge in [0.05, 0.1) is 0 Å². The van der Waals surface area contributed by atoms with Gasteiger partial charge in [-0.05, 0) is 31.2 Å². The lowest BCUT2D eigenvalue weighted by Gasteiger charge is -2.36. The summed E-state index contributed by atoms with van der Waals surface area (Å²) in [4.78, 5) is 16.0. The Morgan fingerprint density at radius 2 is 1.76 bits per heavy atom. The number of nitrogens with zero attached hydrogens (tertiary/aromatic N) is 2. The van der Waals surface area contributed by atoms with E-state index in [1.165, 1.54) is 13.0 Å². The van der Waals surface area contributed by atoms with E-state index in [0.717, 1.165) is 11.8 Å². The molecule has 158 valence electrons. The maximum atomic E-state index is 13.4. The molecule has 1 aromatic carbocycles. The van der Waals surface area contributed by atoms with Crippen LogP contribution in [-0.4, -0.2) is 54.9 Å². The lowest BCUT2D eigenvalue weighted by atomic mass is 9.96. The Morgan fingerprint density at radius 3 is 2.31 bits per heavy atom. The quantitative estimate of drug-likeness (QED) is 0.793. The van der Waals surface area contributed by atoms with Gasteiger partial charge in [0.25, 0.3) is 0 Å². The molecule has 0 saturated carbocycles. The van der Waals surface area contributed by atoms with Gasteiger partial charge < -0.3 is 24.6 Å². The van der Waals surface area contributed by atoms with Crippen molar-refractivity contribution < 1.29 is 27.5 Å². The van der Waals surface area contributed by atoms with Crippen LogP contribution in [0.1, 0.15) is 17.9 Å². The molecular weight excluding hydrogens is 387 g/mol. The summed E-state index contributed by atoms with van der Waals surface area (Å²) in [5.74, 6) is -0.309. The molecule has 0 spiro atoms. The number of hydrogen-bond donors (Lipinski definition) is 2. The van der Waals surface area contributed by atoms with Crippen LogP contribution in [0.25, 0.3) is 0 Å². The molecule has 1 atom stereocenters. The number of furan rings is 1. The largest absolute Gasteiger partial charge is 0.463 e. The van der Waals surface area contributed by atoms with E-state index in [4.69, 9.17) is 4.42 Å². The van der Waals surface area contributed by atoms with E-state index >= 15 is 0 Å². The zero-order valence-corrected chi connectivity index (χ0v) is 16.1.